The number of hydrogen-bond donors (Lipinski definition) is 3. The Kier molecular flexibility index (Phi) is 4.88. The maximum absolute atomic E-state index is 13.5. The average Bonchev–Trinajstić information content (AvgIpc) is 2.34. The quantitative estimate of drug-likeness (QED) is 0.476. The fraction of sp³-hybridized carbons (Fsp3) is 0.222. The molecule has 0 unspecified atom stereocenters. The first-order valence-electron chi connectivity index (χ1n) is 5.09. The zero-order chi connectivity index (χ0) is 16.4. The van der Waals surface area contributed by atoms with Gasteiger partial charge < -0.3 is 10.2 Å². The Morgan fingerprint density at radius 2 is 1.95 bits per heavy atom. The lowest BCUT2D eigenvalue weighted by molar-refractivity contribution is -0.387. The number of nitro benzene ring substituents is 1. The third kappa shape index (κ3) is 3.68. The first kappa shape index (κ1) is 16.9. The molecule has 1 atom stereocenters. The van der Waals surface area contributed by atoms with E-state index in [0.29, 0.717) is 0 Å². The summed E-state index contributed by atoms with van der Waals surface area (Å²) >= 11 is 0. The SMILES string of the molecule is O=C(O)[C@@H](CO)NS(=O)(=O)c1cc([N+](=O)[O-])c(F)cc1F. The zero-order valence-corrected chi connectivity index (χ0v) is 10.8. The van der Waals surface area contributed by atoms with Crippen molar-refractivity contribution < 1.29 is 37.1 Å². The van der Waals surface area contributed by atoms with Crippen LogP contribution in [-0.4, -0.2) is 42.2 Å². The van der Waals surface area contributed by atoms with E-state index in [4.69, 9.17) is 10.2 Å². The maximum atomic E-state index is 13.5. The van der Waals surface area contributed by atoms with Gasteiger partial charge in [-0.25, -0.2) is 12.8 Å². The fourth-order valence-corrected chi connectivity index (χ4v) is 2.54. The highest BCUT2D eigenvalue weighted by atomic mass is 32.2. The lowest BCUT2D eigenvalue weighted by atomic mass is 10.3. The van der Waals surface area contributed by atoms with E-state index in [0.717, 1.165) is 0 Å². The number of carboxylic acid groups (broad SMARTS) is 1. The number of rotatable bonds is 6. The number of aliphatic hydroxyl groups is 1. The molecule has 0 bridgehead atoms. The highest BCUT2D eigenvalue weighted by molar-refractivity contribution is 7.89. The minimum absolute atomic E-state index is 0.0125. The average molecular weight is 326 g/mol. The van der Waals surface area contributed by atoms with E-state index in [2.05, 4.69) is 0 Å². The van der Waals surface area contributed by atoms with Crippen LogP contribution in [0.3, 0.4) is 0 Å². The van der Waals surface area contributed by atoms with Crippen molar-refractivity contribution in [3.05, 3.63) is 33.9 Å². The first-order valence-corrected chi connectivity index (χ1v) is 6.58. The number of aliphatic hydroxyl groups excluding tert-OH is 1. The molecule has 0 saturated heterocycles. The Morgan fingerprint density at radius 3 is 2.38 bits per heavy atom. The number of halogens is 2. The highest BCUT2D eigenvalue weighted by Gasteiger charge is 2.30. The van der Waals surface area contributed by atoms with Gasteiger partial charge >= 0.3 is 11.7 Å². The maximum Gasteiger partial charge on any atom is 0.324 e. The van der Waals surface area contributed by atoms with Crippen LogP contribution in [0.15, 0.2) is 17.0 Å². The smallest absolute Gasteiger partial charge is 0.324 e. The summed E-state index contributed by atoms with van der Waals surface area (Å²) in [6.07, 6.45) is 0. The van der Waals surface area contributed by atoms with Gasteiger partial charge in [0.2, 0.25) is 15.8 Å². The molecule has 116 valence electrons. The second-order valence-electron chi connectivity index (χ2n) is 3.69. The molecule has 21 heavy (non-hydrogen) atoms. The van der Waals surface area contributed by atoms with Gasteiger partial charge in [-0.05, 0) is 0 Å². The van der Waals surface area contributed by atoms with Crippen LogP contribution in [0, 0.1) is 21.7 Å². The number of nitrogens with one attached hydrogen (secondary N) is 1. The standard InChI is InChI=1S/C9H8F2N2O7S/c10-4-1-5(11)8(2-7(4)13(17)18)21(19,20)12-6(3-14)9(15)16/h1-2,6,12,14H,3H2,(H,15,16)/t6-/m1/s1. The third-order valence-corrected chi connectivity index (χ3v) is 3.75. The minimum Gasteiger partial charge on any atom is -0.480 e. The van der Waals surface area contributed by atoms with Gasteiger partial charge in [0, 0.05) is 12.1 Å². The molecule has 0 saturated carbocycles. The molecule has 12 heteroatoms. The molecule has 1 rings (SSSR count). The van der Waals surface area contributed by atoms with Crippen LogP contribution in [0.25, 0.3) is 0 Å². The molecule has 1 aromatic carbocycles. The van der Waals surface area contributed by atoms with Gasteiger partial charge in [0.25, 0.3) is 0 Å². The van der Waals surface area contributed by atoms with E-state index in [-0.39, 0.29) is 12.1 Å². The van der Waals surface area contributed by atoms with Crippen LogP contribution in [-0.2, 0) is 14.8 Å². The zero-order valence-electron chi connectivity index (χ0n) is 9.99. The van der Waals surface area contributed by atoms with Crippen molar-refractivity contribution in [1.29, 1.82) is 0 Å². The number of carboxylic acids is 1. The van der Waals surface area contributed by atoms with Crippen molar-refractivity contribution in [2.45, 2.75) is 10.9 Å². The number of hydrogen-bond acceptors (Lipinski definition) is 6. The third-order valence-electron chi connectivity index (χ3n) is 2.27. The molecule has 3 N–H and O–H groups in total. The summed E-state index contributed by atoms with van der Waals surface area (Å²) in [6, 6.07) is -1.89. The van der Waals surface area contributed by atoms with Crippen molar-refractivity contribution >= 4 is 21.7 Å². The van der Waals surface area contributed by atoms with Crippen LogP contribution < -0.4 is 4.72 Å². The summed E-state index contributed by atoms with van der Waals surface area (Å²) in [7, 11) is -4.86. The number of benzene rings is 1. The van der Waals surface area contributed by atoms with Crippen molar-refractivity contribution in [2.24, 2.45) is 0 Å². The fourth-order valence-electron chi connectivity index (χ4n) is 1.28. The van der Waals surface area contributed by atoms with Crippen molar-refractivity contribution in [3.63, 3.8) is 0 Å². The molecule has 0 spiro atoms. The number of carbonyl (C=O) groups is 1. The van der Waals surface area contributed by atoms with E-state index in [1.807, 2.05) is 0 Å². The Balaban J connectivity index is 3.35. The van der Waals surface area contributed by atoms with Crippen LogP contribution in [0.1, 0.15) is 0 Å². The largest absolute Gasteiger partial charge is 0.480 e. The Labute approximate surface area is 116 Å². The molecule has 9 nitrogen and oxygen atoms in total. The second kappa shape index (κ2) is 6.07. The van der Waals surface area contributed by atoms with Gasteiger partial charge in [0.05, 0.1) is 11.5 Å². The molecule has 0 aromatic heterocycles. The molecular weight excluding hydrogens is 318 g/mol. The Morgan fingerprint density at radius 1 is 1.38 bits per heavy atom. The number of nitrogens with zero attached hydrogens (tertiary/aromatic N) is 1. The summed E-state index contributed by atoms with van der Waals surface area (Å²) in [4.78, 5) is 18.5. The number of sulfonamides is 1. The summed E-state index contributed by atoms with van der Waals surface area (Å²) in [5.41, 5.74) is -1.30. The van der Waals surface area contributed by atoms with Gasteiger partial charge in [-0.15, -0.1) is 0 Å². The predicted molar refractivity (Wildman–Crippen MR) is 61.8 cm³/mol. The highest BCUT2D eigenvalue weighted by Crippen LogP contribution is 2.24. The molecule has 0 aliphatic carbocycles. The monoisotopic (exact) mass is 326 g/mol. The van der Waals surface area contributed by atoms with Crippen molar-refractivity contribution in [1.82, 2.24) is 4.72 Å². The van der Waals surface area contributed by atoms with Gasteiger partial charge in [-0.3, -0.25) is 14.9 Å². The van der Waals surface area contributed by atoms with E-state index in [9.17, 15) is 32.1 Å². The molecule has 0 amide bonds. The summed E-state index contributed by atoms with van der Waals surface area (Å²) in [5.74, 6) is -4.99. The summed E-state index contributed by atoms with van der Waals surface area (Å²) in [6.45, 7) is -1.14. The number of nitro groups is 1. The topological polar surface area (TPSA) is 147 Å². The van der Waals surface area contributed by atoms with E-state index in [1.54, 1.807) is 0 Å². The lowest BCUT2D eigenvalue weighted by Crippen LogP contribution is -2.43. The second-order valence-corrected chi connectivity index (χ2v) is 5.37. The van der Waals surface area contributed by atoms with Crippen molar-refractivity contribution in [2.75, 3.05) is 6.61 Å². The molecule has 0 aliphatic rings. The Hall–Kier alpha value is -2.18. The van der Waals surface area contributed by atoms with Crippen LogP contribution >= 0.6 is 0 Å². The normalized spacial score (nSPS) is 12.9. The molecule has 0 radical (unpaired) electrons. The first-order chi connectivity index (χ1) is 9.60. The Bertz CT molecular complexity index is 692. The van der Waals surface area contributed by atoms with Crippen LogP contribution in [0.2, 0.25) is 0 Å². The van der Waals surface area contributed by atoms with E-state index >= 15 is 0 Å². The molecular formula is C9H8F2N2O7S. The van der Waals surface area contributed by atoms with Gasteiger partial charge in [0.15, 0.2) is 0 Å². The van der Waals surface area contributed by atoms with Crippen LogP contribution in [0.5, 0.6) is 0 Å². The van der Waals surface area contributed by atoms with Crippen molar-refractivity contribution in [3.8, 4) is 0 Å². The molecule has 0 aliphatic heterocycles. The van der Waals surface area contributed by atoms with E-state index in [1.165, 1.54) is 4.72 Å². The molecule has 0 fully saturated rings. The predicted octanol–water partition coefficient (Wildman–Crippen LogP) is -0.403. The van der Waals surface area contributed by atoms with Gasteiger partial charge in [-0.1, -0.05) is 0 Å². The van der Waals surface area contributed by atoms with Gasteiger partial charge in [0.1, 0.15) is 16.8 Å². The minimum atomic E-state index is -4.86. The van der Waals surface area contributed by atoms with Crippen LogP contribution in [0.4, 0.5) is 14.5 Å². The van der Waals surface area contributed by atoms with Gasteiger partial charge in [-0.2, -0.15) is 9.11 Å². The van der Waals surface area contributed by atoms with E-state index < -0.39 is 55.8 Å². The summed E-state index contributed by atoms with van der Waals surface area (Å²) in [5, 5.41) is 27.8. The number of aliphatic carboxylic acids is 1. The molecule has 1 aromatic rings. The summed E-state index contributed by atoms with van der Waals surface area (Å²) < 4.78 is 51.5. The molecule has 0 heterocycles. The lowest BCUT2D eigenvalue weighted by Gasteiger charge is -2.12.